The molecule has 0 atom stereocenters. The Morgan fingerprint density at radius 2 is 2.00 bits per heavy atom. The van der Waals surface area contributed by atoms with E-state index >= 15 is 0 Å². The van der Waals surface area contributed by atoms with E-state index in [1.54, 1.807) is 0 Å². The van der Waals surface area contributed by atoms with Crippen molar-refractivity contribution in [1.82, 2.24) is 4.98 Å². The molecule has 2 rings (SSSR count). The Kier molecular flexibility index (Phi) is 2.52. The molecule has 0 aromatic carbocycles. The van der Waals surface area contributed by atoms with Gasteiger partial charge in [0, 0.05) is 6.42 Å². The second kappa shape index (κ2) is 3.46. The molecule has 1 aromatic rings. The van der Waals surface area contributed by atoms with Crippen LogP contribution < -0.4 is 0 Å². The normalized spacial score (nSPS) is 18.8. The molecule has 0 unspecified atom stereocenters. The van der Waals surface area contributed by atoms with Crippen LogP contribution in [0.4, 0.5) is 0 Å². The second-order valence-corrected chi connectivity index (χ2v) is 5.48. The van der Waals surface area contributed by atoms with Crippen LogP contribution in [0.15, 0.2) is 6.07 Å². The van der Waals surface area contributed by atoms with Crippen LogP contribution in [0.5, 0.6) is 0 Å². The average Bonchev–Trinajstić information content (AvgIpc) is 1.97. The molecule has 0 spiro atoms. The molecular formula is C11H11Cl2NO. The number of ketones is 1. The number of Topliss-reactive ketones (excluding diaryl/α,β-unsaturated/α-hetero) is 1. The van der Waals surface area contributed by atoms with E-state index in [0.717, 1.165) is 12.1 Å². The number of rotatable bonds is 0. The summed E-state index contributed by atoms with van der Waals surface area (Å²) in [6, 6.07) is 1.53. The molecule has 0 amide bonds. The molecule has 1 aromatic heterocycles. The third kappa shape index (κ3) is 2.01. The van der Waals surface area contributed by atoms with E-state index in [0.29, 0.717) is 22.2 Å². The number of hydrogen-bond acceptors (Lipinski definition) is 2. The van der Waals surface area contributed by atoms with Crippen LogP contribution in [0.1, 0.15) is 36.3 Å². The van der Waals surface area contributed by atoms with Crippen molar-refractivity contribution in [2.24, 2.45) is 5.41 Å². The van der Waals surface area contributed by atoms with Crippen molar-refractivity contribution in [3.8, 4) is 0 Å². The minimum absolute atomic E-state index is 0.0505. The van der Waals surface area contributed by atoms with Gasteiger partial charge in [-0.05, 0) is 17.9 Å². The number of carbonyl (C=O) groups is 1. The molecule has 0 fully saturated rings. The summed E-state index contributed by atoms with van der Waals surface area (Å²) in [5.41, 5.74) is 1.24. The standard InChI is InChI=1S/C11H11Cl2NO/c1-11(2)4-7-10(8(15)5-11)6(12)3-9(13)14-7/h3H,4-5H2,1-2H3. The van der Waals surface area contributed by atoms with Gasteiger partial charge in [-0.3, -0.25) is 4.79 Å². The Hall–Kier alpha value is -0.600. The SMILES string of the molecule is CC1(C)CC(=O)c2c(Cl)cc(Cl)nc2C1. The summed E-state index contributed by atoms with van der Waals surface area (Å²) in [4.78, 5) is 16.0. The molecule has 80 valence electrons. The molecule has 1 aliphatic carbocycles. The van der Waals surface area contributed by atoms with E-state index in [9.17, 15) is 4.79 Å². The number of pyridine rings is 1. The summed E-state index contributed by atoms with van der Waals surface area (Å²) >= 11 is 11.8. The first kappa shape index (κ1) is 10.9. The maximum atomic E-state index is 11.9. The molecule has 0 N–H and O–H groups in total. The van der Waals surface area contributed by atoms with Gasteiger partial charge >= 0.3 is 0 Å². The molecular weight excluding hydrogens is 233 g/mol. The van der Waals surface area contributed by atoms with Crippen LogP contribution in [-0.2, 0) is 6.42 Å². The Labute approximate surface area is 98.6 Å². The Morgan fingerprint density at radius 1 is 1.33 bits per heavy atom. The second-order valence-electron chi connectivity index (χ2n) is 4.69. The van der Waals surface area contributed by atoms with E-state index in [-0.39, 0.29) is 11.2 Å². The largest absolute Gasteiger partial charge is 0.294 e. The quantitative estimate of drug-likeness (QED) is 0.653. The van der Waals surface area contributed by atoms with Crippen molar-refractivity contribution in [3.63, 3.8) is 0 Å². The van der Waals surface area contributed by atoms with Crippen LogP contribution >= 0.6 is 23.2 Å². The van der Waals surface area contributed by atoms with Crippen molar-refractivity contribution in [3.05, 3.63) is 27.5 Å². The van der Waals surface area contributed by atoms with Gasteiger partial charge in [-0.25, -0.2) is 4.98 Å². The molecule has 4 heteroatoms. The third-order valence-electron chi connectivity index (χ3n) is 2.58. The van der Waals surface area contributed by atoms with Crippen molar-refractivity contribution in [1.29, 1.82) is 0 Å². The van der Waals surface area contributed by atoms with Gasteiger partial charge < -0.3 is 0 Å². The molecule has 1 heterocycles. The number of hydrogen-bond donors (Lipinski definition) is 0. The Bertz CT molecular complexity index is 440. The highest BCUT2D eigenvalue weighted by molar-refractivity contribution is 6.36. The first-order valence-corrected chi connectivity index (χ1v) is 5.53. The van der Waals surface area contributed by atoms with Gasteiger partial charge in [-0.2, -0.15) is 0 Å². The molecule has 0 aliphatic heterocycles. The lowest BCUT2D eigenvalue weighted by Crippen LogP contribution is -2.28. The van der Waals surface area contributed by atoms with Gasteiger partial charge in [0.15, 0.2) is 5.78 Å². The number of aromatic nitrogens is 1. The lowest BCUT2D eigenvalue weighted by atomic mass is 9.76. The predicted octanol–water partition coefficient (Wildman–Crippen LogP) is 3.54. The van der Waals surface area contributed by atoms with Crippen molar-refractivity contribution >= 4 is 29.0 Å². The molecule has 2 nitrogen and oxygen atoms in total. The zero-order valence-corrected chi connectivity index (χ0v) is 10.1. The topological polar surface area (TPSA) is 30.0 Å². The van der Waals surface area contributed by atoms with E-state index in [2.05, 4.69) is 4.98 Å². The van der Waals surface area contributed by atoms with Crippen LogP contribution in [0.2, 0.25) is 10.2 Å². The number of halogens is 2. The zero-order valence-electron chi connectivity index (χ0n) is 8.60. The lowest BCUT2D eigenvalue weighted by molar-refractivity contribution is 0.0910. The van der Waals surface area contributed by atoms with E-state index < -0.39 is 0 Å². The van der Waals surface area contributed by atoms with Crippen molar-refractivity contribution in [2.45, 2.75) is 26.7 Å². The summed E-state index contributed by atoms with van der Waals surface area (Å²) in [7, 11) is 0. The van der Waals surface area contributed by atoms with Crippen LogP contribution in [0, 0.1) is 5.41 Å². The van der Waals surface area contributed by atoms with E-state index in [1.807, 2.05) is 13.8 Å². The fourth-order valence-electron chi connectivity index (χ4n) is 1.99. The van der Waals surface area contributed by atoms with E-state index in [1.165, 1.54) is 6.07 Å². The summed E-state index contributed by atoms with van der Waals surface area (Å²) in [5.74, 6) is 0.0652. The zero-order chi connectivity index (χ0) is 11.2. The van der Waals surface area contributed by atoms with Gasteiger partial charge in [0.05, 0.1) is 16.3 Å². The number of fused-ring (bicyclic) bond motifs is 1. The average molecular weight is 244 g/mol. The first-order chi connectivity index (χ1) is 6.89. The number of nitrogens with zero attached hydrogens (tertiary/aromatic N) is 1. The van der Waals surface area contributed by atoms with Crippen molar-refractivity contribution < 1.29 is 4.79 Å². The smallest absolute Gasteiger partial charge is 0.166 e. The molecule has 15 heavy (non-hydrogen) atoms. The Balaban J connectivity index is 2.60. The minimum atomic E-state index is -0.0505. The lowest BCUT2D eigenvalue weighted by Gasteiger charge is -2.29. The maximum absolute atomic E-state index is 11.9. The molecule has 0 bridgehead atoms. The van der Waals surface area contributed by atoms with Crippen LogP contribution in [-0.4, -0.2) is 10.8 Å². The predicted molar refractivity (Wildman–Crippen MR) is 60.7 cm³/mol. The highest BCUT2D eigenvalue weighted by atomic mass is 35.5. The summed E-state index contributed by atoms with van der Waals surface area (Å²) in [6.45, 7) is 4.09. The van der Waals surface area contributed by atoms with Crippen LogP contribution in [0.3, 0.4) is 0 Å². The first-order valence-electron chi connectivity index (χ1n) is 4.77. The highest BCUT2D eigenvalue weighted by Crippen LogP contribution is 2.37. The minimum Gasteiger partial charge on any atom is -0.294 e. The van der Waals surface area contributed by atoms with Gasteiger partial charge in [0.25, 0.3) is 0 Å². The highest BCUT2D eigenvalue weighted by Gasteiger charge is 2.33. The summed E-state index contributed by atoms with van der Waals surface area (Å²) in [5, 5.41) is 0.773. The fourth-order valence-corrected chi connectivity index (χ4v) is 2.58. The van der Waals surface area contributed by atoms with Crippen LogP contribution in [0.25, 0.3) is 0 Å². The third-order valence-corrected chi connectivity index (χ3v) is 3.07. The molecule has 1 aliphatic rings. The van der Waals surface area contributed by atoms with E-state index in [4.69, 9.17) is 23.2 Å². The fraction of sp³-hybridized carbons (Fsp3) is 0.455. The van der Waals surface area contributed by atoms with Gasteiger partial charge in [-0.1, -0.05) is 37.0 Å². The Morgan fingerprint density at radius 3 is 2.67 bits per heavy atom. The van der Waals surface area contributed by atoms with Gasteiger partial charge in [-0.15, -0.1) is 0 Å². The molecule has 0 saturated heterocycles. The summed E-state index contributed by atoms with van der Waals surface area (Å²) in [6.07, 6.45) is 1.26. The monoisotopic (exact) mass is 243 g/mol. The molecule has 0 radical (unpaired) electrons. The molecule has 0 saturated carbocycles. The van der Waals surface area contributed by atoms with Gasteiger partial charge in [0.2, 0.25) is 0 Å². The summed E-state index contributed by atoms with van der Waals surface area (Å²) < 4.78 is 0. The maximum Gasteiger partial charge on any atom is 0.166 e. The van der Waals surface area contributed by atoms with Gasteiger partial charge in [0.1, 0.15) is 5.15 Å². The number of carbonyl (C=O) groups excluding carboxylic acids is 1. The van der Waals surface area contributed by atoms with Crippen molar-refractivity contribution in [2.75, 3.05) is 0 Å².